The molecular weight excluding hydrogens is 356 g/mol. The van der Waals surface area contributed by atoms with Gasteiger partial charge in [0.25, 0.3) is 5.91 Å². The fourth-order valence-corrected chi connectivity index (χ4v) is 4.91. The van der Waals surface area contributed by atoms with E-state index in [-0.39, 0.29) is 35.7 Å². The number of amides is 3. The zero-order valence-electron chi connectivity index (χ0n) is 16.5. The van der Waals surface area contributed by atoms with Crippen LogP contribution in [-0.2, 0) is 22.7 Å². The number of nitrogens with zero attached hydrogens (tertiary/aromatic N) is 2. The predicted octanol–water partition coefficient (Wildman–Crippen LogP) is 1.15. The molecule has 3 aliphatic heterocycles. The first-order valence-electron chi connectivity index (χ1n) is 10.1. The van der Waals surface area contributed by atoms with Crippen molar-refractivity contribution in [1.82, 2.24) is 15.1 Å². The first kappa shape index (κ1) is 19.1. The van der Waals surface area contributed by atoms with Crippen LogP contribution in [-0.4, -0.2) is 51.7 Å². The Morgan fingerprint density at radius 2 is 2.07 bits per heavy atom. The van der Waals surface area contributed by atoms with Crippen LogP contribution in [0.15, 0.2) is 18.2 Å². The lowest BCUT2D eigenvalue weighted by atomic mass is 9.93. The van der Waals surface area contributed by atoms with Crippen LogP contribution in [0.25, 0.3) is 0 Å². The molecule has 0 aliphatic carbocycles. The smallest absolute Gasteiger partial charge is 0.255 e. The number of hydrogen-bond acceptors (Lipinski definition) is 5. The Morgan fingerprint density at radius 3 is 2.79 bits per heavy atom. The summed E-state index contributed by atoms with van der Waals surface area (Å²) in [4.78, 5) is 40.9. The Balaban J connectivity index is 1.59. The van der Waals surface area contributed by atoms with Crippen LogP contribution in [0.1, 0.15) is 61.0 Å². The van der Waals surface area contributed by atoms with Gasteiger partial charge in [-0.3, -0.25) is 24.6 Å². The molecule has 2 fully saturated rings. The van der Waals surface area contributed by atoms with Crippen LogP contribution in [0.3, 0.4) is 0 Å². The van der Waals surface area contributed by atoms with Crippen LogP contribution in [0, 0.1) is 0 Å². The van der Waals surface area contributed by atoms with Crippen molar-refractivity contribution < 1.29 is 14.4 Å². The molecule has 0 radical (unpaired) electrons. The molecule has 3 aliphatic rings. The van der Waals surface area contributed by atoms with E-state index in [1.165, 1.54) is 0 Å². The molecule has 7 nitrogen and oxygen atoms in total. The number of likely N-dealkylation sites (tertiary alicyclic amines) is 1. The second-order valence-corrected chi connectivity index (χ2v) is 8.55. The van der Waals surface area contributed by atoms with Gasteiger partial charge in [-0.05, 0) is 37.3 Å². The van der Waals surface area contributed by atoms with E-state index in [1.807, 2.05) is 18.2 Å². The highest BCUT2D eigenvalue weighted by Gasteiger charge is 2.42. The van der Waals surface area contributed by atoms with Crippen LogP contribution < -0.4 is 11.1 Å². The van der Waals surface area contributed by atoms with E-state index in [9.17, 15) is 14.4 Å². The molecule has 0 saturated carbocycles. The summed E-state index contributed by atoms with van der Waals surface area (Å²) < 4.78 is 0. The zero-order valence-corrected chi connectivity index (χ0v) is 16.5. The lowest BCUT2D eigenvalue weighted by molar-refractivity contribution is -0.136. The molecule has 3 heterocycles. The van der Waals surface area contributed by atoms with Crippen molar-refractivity contribution in [3.8, 4) is 0 Å². The average molecular weight is 384 g/mol. The summed E-state index contributed by atoms with van der Waals surface area (Å²) in [5, 5.41) is 2.36. The number of carbonyl (C=O) groups excluding carboxylic acids is 3. The summed E-state index contributed by atoms with van der Waals surface area (Å²) in [5.74, 6) is -0.750. The van der Waals surface area contributed by atoms with Gasteiger partial charge in [-0.15, -0.1) is 0 Å². The fourth-order valence-electron chi connectivity index (χ4n) is 4.91. The molecule has 0 bridgehead atoms. The molecule has 1 aromatic carbocycles. The number of piperidine rings is 1. The van der Waals surface area contributed by atoms with Gasteiger partial charge in [-0.1, -0.05) is 25.1 Å². The van der Waals surface area contributed by atoms with E-state index in [4.69, 9.17) is 5.73 Å². The number of carbonyl (C=O) groups is 3. The fraction of sp³-hybridized carbons (Fsp3) is 0.571. The predicted molar refractivity (Wildman–Crippen MR) is 104 cm³/mol. The number of imide groups is 1. The maximum Gasteiger partial charge on any atom is 0.255 e. The summed E-state index contributed by atoms with van der Waals surface area (Å²) in [6, 6.07) is 5.51. The summed E-state index contributed by atoms with van der Waals surface area (Å²) in [7, 11) is 0. The second kappa shape index (κ2) is 6.97. The number of nitrogens with two attached hydrogens (primary N) is 1. The Kier molecular flexibility index (Phi) is 4.75. The third-order valence-electron chi connectivity index (χ3n) is 6.68. The molecule has 3 N–H and O–H groups in total. The van der Waals surface area contributed by atoms with Gasteiger partial charge in [-0.2, -0.15) is 0 Å². The third kappa shape index (κ3) is 3.12. The minimum atomic E-state index is -0.577. The van der Waals surface area contributed by atoms with Crippen LogP contribution in [0.2, 0.25) is 0 Å². The summed E-state index contributed by atoms with van der Waals surface area (Å²) in [5.41, 5.74) is 8.92. The van der Waals surface area contributed by atoms with Gasteiger partial charge >= 0.3 is 0 Å². The van der Waals surface area contributed by atoms with Crippen LogP contribution >= 0.6 is 0 Å². The molecule has 1 aromatic rings. The molecule has 150 valence electrons. The molecule has 7 heteroatoms. The van der Waals surface area contributed by atoms with Crippen LogP contribution in [0.4, 0.5) is 0 Å². The number of benzene rings is 1. The molecule has 4 rings (SSSR count). The highest BCUT2D eigenvalue weighted by molar-refractivity contribution is 6.05. The third-order valence-corrected chi connectivity index (χ3v) is 6.68. The van der Waals surface area contributed by atoms with E-state index in [2.05, 4.69) is 24.1 Å². The first-order chi connectivity index (χ1) is 13.3. The van der Waals surface area contributed by atoms with E-state index < -0.39 is 6.04 Å². The summed E-state index contributed by atoms with van der Waals surface area (Å²) in [6.07, 6.45) is 2.61. The minimum Gasteiger partial charge on any atom is -0.326 e. The van der Waals surface area contributed by atoms with Crippen molar-refractivity contribution >= 4 is 17.7 Å². The number of rotatable bonds is 4. The lowest BCUT2D eigenvalue weighted by Gasteiger charge is -2.34. The first-order valence-corrected chi connectivity index (χ1v) is 10.1. The SMILES string of the molecule is CCC1(C)CC(N)CN1Cc1cccc2c1C(=O)N(C1CCC(=O)NC1=O)C2. The zero-order chi connectivity index (χ0) is 20.1. The van der Waals surface area contributed by atoms with Gasteiger partial charge in [0.05, 0.1) is 0 Å². The van der Waals surface area contributed by atoms with E-state index >= 15 is 0 Å². The normalized spacial score (nSPS) is 30.7. The lowest BCUT2D eigenvalue weighted by Crippen LogP contribution is -2.52. The Labute approximate surface area is 165 Å². The highest BCUT2D eigenvalue weighted by atomic mass is 16.2. The van der Waals surface area contributed by atoms with Gasteiger partial charge in [0.1, 0.15) is 6.04 Å². The van der Waals surface area contributed by atoms with Gasteiger partial charge < -0.3 is 10.6 Å². The molecule has 2 saturated heterocycles. The van der Waals surface area contributed by atoms with Crippen molar-refractivity contribution in [3.05, 3.63) is 34.9 Å². The maximum atomic E-state index is 13.2. The second-order valence-electron chi connectivity index (χ2n) is 8.55. The number of nitrogens with one attached hydrogen (secondary N) is 1. The molecule has 3 unspecified atom stereocenters. The largest absolute Gasteiger partial charge is 0.326 e. The minimum absolute atomic E-state index is 0.0348. The van der Waals surface area contributed by atoms with Crippen molar-refractivity contribution in [3.63, 3.8) is 0 Å². The summed E-state index contributed by atoms with van der Waals surface area (Å²) >= 11 is 0. The Hall–Kier alpha value is -2.25. The topological polar surface area (TPSA) is 95.7 Å². The monoisotopic (exact) mass is 384 g/mol. The molecule has 28 heavy (non-hydrogen) atoms. The molecule has 3 atom stereocenters. The Morgan fingerprint density at radius 1 is 1.29 bits per heavy atom. The van der Waals surface area contributed by atoms with Crippen molar-refractivity contribution in [1.29, 1.82) is 0 Å². The van der Waals surface area contributed by atoms with Gasteiger partial charge in [0, 0.05) is 43.2 Å². The van der Waals surface area contributed by atoms with Crippen LogP contribution in [0.5, 0.6) is 0 Å². The molecule has 0 spiro atoms. The van der Waals surface area contributed by atoms with E-state index in [0.29, 0.717) is 25.1 Å². The van der Waals surface area contributed by atoms with Crippen molar-refractivity contribution in [2.45, 2.75) is 70.2 Å². The highest BCUT2D eigenvalue weighted by Crippen LogP contribution is 2.35. The number of fused-ring (bicyclic) bond motifs is 1. The quantitative estimate of drug-likeness (QED) is 0.759. The summed E-state index contributed by atoms with van der Waals surface area (Å²) in [6.45, 7) is 6.32. The van der Waals surface area contributed by atoms with E-state index in [0.717, 1.165) is 30.5 Å². The standard InChI is InChI=1S/C21H28N4O3/c1-3-21(2)9-15(22)12-24(21)10-13-5-4-6-14-11-25(20(28)18(13)14)16-7-8-17(26)23-19(16)27/h4-6,15-16H,3,7-12,22H2,1-2H3,(H,23,26,27). The van der Waals surface area contributed by atoms with Crippen molar-refractivity contribution in [2.75, 3.05) is 6.54 Å². The molecular formula is C21H28N4O3. The van der Waals surface area contributed by atoms with Gasteiger partial charge in [0.15, 0.2) is 0 Å². The van der Waals surface area contributed by atoms with E-state index in [1.54, 1.807) is 4.90 Å². The molecule has 0 aromatic heterocycles. The number of hydrogen-bond donors (Lipinski definition) is 2. The van der Waals surface area contributed by atoms with Gasteiger partial charge in [-0.25, -0.2) is 0 Å². The van der Waals surface area contributed by atoms with Crippen molar-refractivity contribution in [2.24, 2.45) is 5.73 Å². The molecule has 3 amide bonds. The maximum absolute atomic E-state index is 13.2. The Bertz CT molecular complexity index is 839. The van der Waals surface area contributed by atoms with Gasteiger partial charge in [0.2, 0.25) is 11.8 Å². The average Bonchev–Trinajstić information content (AvgIpc) is 3.13.